The second kappa shape index (κ2) is 6.36. The van der Waals surface area contributed by atoms with Gasteiger partial charge in [-0.05, 0) is 26.0 Å². The number of benzene rings is 1. The van der Waals surface area contributed by atoms with Gasteiger partial charge in [0.15, 0.2) is 17.6 Å². The van der Waals surface area contributed by atoms with Crippen molar-refractivity contribution in [2.45, 2.75) is 20.0 Å². The summed E-state index contributed by atoms with van der Waals surface area (Å²) < 4.78 is 11.6. The summed E-state index contributed by atoms with van der Waals surface area (Å²) in [6.07, 6.45) is -0.160. The first-order valence-electron chi connectivity index (χ1n) is 7.27. The zero-order valence-electron chi connectivity index (χ0n) is 12.6. The van der Waals surface area contributed by atoms with E-state index in [0.29, 0.717) is 24.6 Å². The van der Waals surface area contributed by atoms with Gasteiger partial charge in [0.05, 0.1) is 17.7 Å². The number of rotatable bonds is 4. The lowest BCUT2D eigenvalue weighted by atomic mass is 10.2. The van der Waals surface area contributed by atoms with Crippen molar-refractivity contribution in [3.63, 3.8) is 0 Å². The quantitative estimate of drug-likeness (QED) is 0.870. The monoisotopic (exact) mass is 318 g/mol. The second-order valence-electron chi connectivity index (χ2n) is 5.11. The third-order valence-electron chi connectivity index (χ3n) is 3.60. The Morgan fingerprint density at radius 3 is 2.86 bits per heavy atom. The number of likely N-dealkylation sites (N-methyl/N-ethyl adjacent to an activating group) is 1. The van der Waals surface area contributed by atoms with Crippen LogP contribution in [0.15, 0.2) is 29.8 Å². The summed E-state index contributed by atoms with van der Waals surface area (Å²) in [6, 6.07) is 7.59. The molecule has 2 heterocycles. The Morgan fingerprint density at radius 1 is 1.41 bits per heavy atom. The van der Waals surface area contributed by atoms with E-state index >= 15 is 0 Å². The maximum Gasteiger partial charge on any atom is 0.265 e. The van der Waals surface area contributed by atoms with Gasteiger partial charge in [0.1, 0.15) is 11.5 Å². The minimum atomic E-state index is -0.160. The summed E-state index contributed by atoms with van der Waals surface area (Å²) in [5, 5.41) is 0. The third-order valence-corrected chi connectivity index (χ3v) is 4.52. The molecule has 0 aliphatic carbocycles. The first-order valence-corrected chi connectivity index (χ1v) is 8.15. The van der Waals surface area contributed by atoms with Gasteiger partial charge in [0, 0.05) is 6.54 Å². The van der Waals surface area contributed by atoms with Crippen molar-refractivity contribution in [2.75, 3.05) is 19.7 Å². The van der Waals surface area contributed by atoms with Crippen LogP contribution in [0.5, 0.6) is 11.5 Å². The lowest BCUT2D eigenvalue weighted by Gasteiger charge is -2.30. The van der Waals surface area contributed by atoms with Crippen LogP contribution in [0.4, 0.5) is 0 Å². The van der Waals surface area contributed by atoms with Crippen molar-refractivity contribution in [3.05, 3.63) is 40.3 Å². The highest BCUT2D eigenvalue weighted by Crippen LogP contribution is 2.31. The molecule has 1 aromatic heterocycles. The Kier molecular flexibility index (Phi) is 4.29. The van der Waals surface area contributed by atoms with Gasteiger partial charge >= 0.3 is 0 Å². The van der Waals surface area contributed by atoms with E-state index in [4.69, 9.17) is 9.47 Å². The van der Waals surface area contributed by atoms with Crippen LogP contribution >= 0.6 is 11.3 Å². The molecule has 3 rings (SSSR count). The fourth-order valence-electron chi connectivity index (χ4n) is 2.41. The zero-order valence-corrected chi connectivity index (χ0v) is 13.4. The number of hydrogen-bond donors (Lipinski definition) is 0. The molecule has 0 saturated heterocycles. The number of carbonyl (C=O) groups excluding carboxylic acids is 1. The highest BCUT2D eigenvalue weighted by atomic mass is 32.1. The molecule has 1 atom stereocenters. The summed E-state index contributed by atoms with van der Waals surface area (Å²) in [5.74, 6) is 1.49. The van der Waals surface area contributed by atoms with Crippen LogP contribution < -0.4 is 9.47 Å². The smallest absolute Gasteiger partial charge is 0.265 e. The molecule has 5 nitrogen and oxygen atoms in total. The standard InChI is InChI=1S/C16H18N2O3S/c1-3-18(16(19)15-11(2)17-10-22-15)8-12-9-20-13-6-4-5-7-14(13)21-12/h4-7,10,12H,3,8-9H2,1-2H3/t12-/m0/s1. The van der Waals surface area contributed by atoms with Crippen molar-refractivity contribution in [1.82, 2.24) is 9.88 Å². The lowest BCUT2D eigenvalue weighted by Crippen LogP contribution is -2.43. The predicted molar refractivity (Wildman–Crippen MR) is 84.8 cm³/mol. The third kappa shape index (κ3) is 2.92. The summed E-state index contributed by atoms with van der Waals surface area (Å²) in [5.41, 5.74) is 2.48. The van der Waals surface area contributed by atoms with E-state index in [1.165, 1.54) is 11.3 Å². The molecule has 0 fully saturated rings. The summed E-state index contributed by atoms with van der Waals surface area (Å²) in [4.78, 5) is 19.2. The SMILES string of the molecule is CCN(C[C@H]1COc2ccccc2O1)C(=O)c1scnc1C. The maximum absolute atomic E-state index is 12.6. The summed E-state index contributed by atoms with van der Waals surface area (Å²) in [7, 11) is 0. The van der Waals surface area contributed by atoms with Gasteiger partial charge in [-0.2, -0.15) is 0 Å². The van der Waals surface area contributed by atoms with E-state index in [-0.39, 0.29) is 12.0 Å². The zero-order chi connectivity index (χ0) is 15.5. The number of para-hydroxylation sites is 2. The minimum Gasteiger partial charge on any atom is -0.486 e. The number of aromatic nitrogens is 1. The van der Waals surface area contributed by atoms with Crippen LogP contribution in [0.25, 0.3) is 0 Å². The molecule has 22 heavy (non-hydrogen) atoms. The van der Waals surface area contributed by atoms with E-state index in [0.717, 1.165) is 17.2 Å². The highest BCUT2D eigenvalue weighted by Gasteiger charge is 2.26. The summed E-state index contributed by atoms with van der Waals surface area (Å²) in [6.45, 7) is 5.39. The molecule has 1 amide bonds. The van der Waals surface area contributed by atoms with Gasteiger partial charge in [0.2, 0.25) is 0 Å². The average molecular weight is 318 g/mol. The number of aryl methyl sites for hydroxylation is 1. The van der Waals surface area contributed by atoms with Crippen molar-refractivity contribution < 1.29 is 14.3 Å². The molecule has 116 valence electrons. The van der Waals surface area contributed by atoms with Gasteiger partial charge < -0.3 is 14.4 Å². The van der Waals surface area contributed by atoms with Crippen LogP contribution in [0.3, 0.4) is 0 Å². The molecule has 0 unspecified atom stereocenters. The molecule has 0 spiro atoms. The van der Waals surface area contributed by atoms with Crippen molar-refractivity contribution in [3.8, 4) is 11.5 Å². The van der Waals surface area contributed by atoms with E-state index in [9.17, 15) is 4.79 Å². The van der Waals surface area contributed by atoms with Crippen LogP contribution in [-0.4, -0.2) is 41.6 Å². The lowest BCUT2D eigenvalue weighted by molar-refractivity contribution is 0.0477. The Bertz CT molecular complexity index is 671. The predicted octanol–water partition coefficient (Wildman–Crippen LogP) is 2.75. The highest BCUT2D eigenvalue weighted by molar-refractivity contribution is 7.11. The van der Waals surface area contributed by atoms with Crippen molar-refractivity contribution in [2.24, 2.45) is 0 Å². The number of fused-ring (bicyclic) bond motifs is 1. The molecule has 1 aliphatic rings. The fourth-order valence-corrected chi connectivity index (χ4v) is 3.17. The first-order chi connectivity index (χ1) is 10.7. The van der Waals surface area contributed by atoms with Gasteiger partial charge in [-0.15, -0.1) is 11.3 Å². The second-order valence-corrected chi connectivity index (χ2v) is 5.96. The first kappa shape index (κ1) is 14.8. The molecular weight excluding hydrogens is 300 g/mol. The number of carbonyl (C=O) groups is 1. The number of ether oxygens (including phenoxy) is 2. The largest absolute Gasteiger partial charge is 0.486 e. The van der Waals surface area contributed by atoms with Gasteiger partial charge in [-0.3, -0.25) is 4.79 Å². The normalized spacial score (nSPS) is 16.4. The molecule has 1 aliphatic heterocycles. The molecule has 0 bridgehead atoms. The number of nitrogens with zero attached hydrogens (tertiary/aromatic N) is 2. The Morgan fingerprint density at radius 2 is 2.18 bits per heavy atom. The minimum absolute atomic E-state index is 0.00459. The number of hydrogen-bond acceptors (Lipinski definition) is 5. The van der Waals surface area contributed by atoms with E-state index in [1.807, 2.05) is 38.1 Å². The van der Waals surface area contributed by atoms with E-state index in [1.54, 1.807) is 10.4 Å². The average Bonchev–Trinajstić information content (AvgIpc) is 2.98. The van der Waals surface area contributed by atoms with Crippen LogP contribution in [-0.2, 0) is 0 Å². The summed E-state index contributed by atoms with van der Waals surface area (Å²) >= 11 is 1.38. The number of amides is 1. The van der Waals surface area contributed by atoms with Crippen molar-refractivity contribution in [1.29, 1.82) is 0 Å². The molecule has 0 radical (unpaired) electrons. The molecule has 0 N–H and O–H groups in total. The van der Waals surface area contributed by atoms with Crippen LogP contribution in [0, 0.1) is 6.92 Å². The Labute approximate surface area is 133 Å². The van der Waals surface area contributed by atoms with Gasteiger partial charge in [-0.1, -0.05) is 12.1 Å². The van der Waals surface area contributed by atoms with Crippen molar-refractivity contribution >= 4 is 17.2 Å². The molecule has 0 saturated carbocycles. The fraction of sp³-hybridized carbons (Fsp3) is 0.375. The molecule has 6 heteroatoms. The molecule has 2 aromatic rings. The molecule has 1 aromatic carbocycles. The number of thiazole rings is 1. The Hall–Kier alpha value is -2.08. The maximum atomic E-state index is 12.6. The Balaban J connectivity index is 1.69. The molecular formula is C16H18N2O3S. The van der Waals surface area contributed by atoms with E-state index < -0.39 is 0 Å². The van der Waals surface area contributed by atoms with Crippen LogP contribution in [0.1, 0.15) is 22.3 Å². The van der Waals surface area contributed by atoms with Gasteiger partial charge in [0.25, 0.3) is 5.91 Å². The topological polar surface area (TPSA) is 51.7 Å². The van der Waals surface area contributed by atoms with E-state index in [2.05, 4.69) is 4.98 Å². The van der Waals surface area contributed by atoms with Crippen LogP contribution in [0.2, 0.25) is 0 Å². The van der Waals surface area contributed by atoms with Gasteiger partial charge in [-0.25, -0.2) is 4.98 Å².